The van der Waals surface area contributed by atoms with Crippen LogP contribution in [-0.2, 0) is 11.3 Å². The SMILES string of the molecule is CCn1cc(N)cc1C(=O)NC1CCC(=O)N(C)C1. The number of nitrogens with two attached hydrogens (primary N) is 1. The zero-order valence-corrected chi connectivity index (χ0v) is 11.3. The molecule has 0 bridgehead atoms. The molecule has 2 heterocycles. The minimum atomic E-state index is -0.133. The van der Waals surface area contributed by atoms with Gasteiger partial charge in [0.15, 0.2) is 0 Å². The average Bonchev–Trinajstić information content (AvgIpc) is 2.75. The van der Waals surface area contributed by atoms with Crippen molar-refractivity contribution in [2.24, 2.45) is 0 Å². The second kappa shape index (κ2) is 5.34. The fourth-order valence-electron chi connectivity index (χ4n) is 2.37. The summed E-state index contributed by atoms with van der Waals surface area (Å²) in [5.74, 6) is -0.00187. The molecule has 3 N–H and O–H groups in total. The van der Waals surface area contributed by atoms with E-state index in [0.29, 0.717) is 37.3 Å². The molecular formula is C13H20N4O2. The molecule has 1 atom stereocenters. The molecule has 0 saturated carbocycles. The maximum absolute atomic E-state index is 12.2. The van der Waals surface area contributed by atoms with Crippen LogP contribution in [0.25, 0.3) is 0 Å². The number of likely N-dealkylation sites (tertiary alicyclic amines) is 1. The molecular weight excluding hydrogens is 244 g/mol. The normalized spacial score (nSPS) is 19.6. The number of nitrogen functional groups attached to an aromatic ring is 1. The van der Waals surface area contributed by atoms with E-state index in [2.05, 4.69) is 5.32 Å². The van der Waals surface area contributed by atoms with Gasteiger partial charge in [-0.05, 0) is 19.4 Å². The van der Waals surface area contributed by atoms with E-state index in [9.17, 15) is 9.59 Å². The number of aryl methyl sites for hydroxylation is 1. The van der Waals surface area contributed by atoms with Gasteiger partial charge in [0, 0.05) is 38.8 Å². The number of carbonyl (C=O) groups is 2. The molecule has 6 nitrogen and oxygen atoms in total. The summed E-state index contributed by atoms with van der Waals surface area (Å²) in [6, 6.07) is 1.69. The maximum atomic E-state index is 12.2. The number of aromatic nitrogens is 1. The fraction of sp³-hybridized carbons (Fsp3) is 0.538. The molecule has 1 aromatic heterocycles. The van der Waals surface area contributed by atoms with Crippen molar-refractivity contribution in [1.82, 2.24) is 14.8 Å². The molecule has 2 rings (SSSR count). The number of hydrogen-bond donors (Lipinski definition) is 2. The number of hydrogen-bond acceptors (Lipinski definition) is 3. The van der Waals surface area contributed by atoms with E-state index < -0.39 is 0 Å². The van der Waals surface area contributed by atoms with E-state index in [1.807, 2.05) is 11.5 Å². The summed E-state index contributed by atoms with van der Waals surface area (Å²) in [6.07, 6.45) is 2.93. The molecule has 1 saturated heterocycles. The van der Waals surface area contributed by atoms with Crippen LogP contribution in [0.4, 0.5) is 5.69 Å². The molecule has 2 amide bonds. The van der Waals surface area contributed by atoms with Crippen molar-refractivity contribution in [3.8, 4) is 0 Å². The van der Waals surface area contributed by atoms with Gasteiger partial charge in [-0.3, -0.25) is 9.59 Å². The Bertz CT molecular complexity index is 495. The van der Waals surface area contributed by atoms with Crippen molar-refractivity contribution >= 4 is 17.5 Å². The summed E-state index contributed by atoms with van der Waals surface area (Å²) in [5.41, 5.74) is 6.87. The second-order valence-electron chi connectivity index (χ2n) is 4.93. The van der Waals surface area contributed by atoms with Crippen molar-refractivity contribution < 1.29 is 9.59 Å². The van der Waals surface area contributed by atoms with Crippen LogP contribution in [0.15, 0.2) is 12.3 Å². The van der Waals surface area contributed by atoms with Gasteiger partial charge in [0.1, 0.15) is 5.69 Å². The van der Waals surface area contributed by atoms with E-state index in [1.165, 1.54) is 0 Å². The smallest absolute Gasteiger partial charge is 0.268 e. The minimum Gasteiger partial charge on any atom is -0.397 e. The molecule has 6 heteroatoms. The van der Waals surface area contributed by atoms with Gasteiger partial charge in [-0.15, -0.1) is 0 Å². The first-order chi connectivity index (χ1) is 9.01. The third-order valence-corrected chi connectivity index (χ3v) is 3.45. The van der Waals surface area contributed by atoms with Gasteiger partial charge < -0.3 is 20.5 Å². The first-order valence-corrected chi connectivity index (χ1v) is 6.51. The van der Waals surface area contributed by atoms with E-state index in [0.717, 1.165) is 0 Å². The monoisotopic (exact) mass is 264 g/mol. The molecule has 104 valence electrons. The van der Waals surface area contributed by atoms with E-state index >= 15 is 0 Å². The molecule has 1 aliphatic heterocycles. The largest absolute Gasteiger partial charge is 0.397 e. The predicted octanol–water partition coefficient (Wildman–Crippen LogP) is 0.441. The number of nitrogens with zero attached hydrogens (tertiary/aromatic N) is 2. The topological polar surface area (TPSA) is 80.4 Å². The number of anilines is 1. The number of amides is 2. The number of piperidine rings is 1. The Morgan fingerprint density at radius 3 is 2.95 bits per heavy atom. The molecule has 1 aliphatic rings. The highest BCUT2D eigenvalue weighted by molar-refractivity contribution is 5.94. The van der Waals surface area contributed by atoms with Gasteiger partial charge in [-0.2, -0.15) is 0 Å². The average molecular weight is 264 g/mol. The van der Waals surface area contributed by atoms with E-state index in [4.69, 9.17) is 5.73 Å². The minimum absolute atomic E-state index is 0.0108. The Morgan fingerprint density at radius 2 is 2.32 bits per heavy atom. The molecule has 1 unspecified atom stereocenters. The van der Waals surface area contributed by atoms with E-state index in [-0.39, 0.29) is 17.9 Å². The highest BCUT2D eigenvalue weighted by atomic mass is 16.2. The van der Waals surface area contributed by atoms with Crippen molar-refractivity contribution in [2.75, 3.05) is 19.3 Å². The summed E-state index contributed by atoms with van der Waals surface area (Å²) < 4.78 is 1.82. The third kappa shape index (κ3) is 2.89. The van der Waals surface area contributed by atoms with Crippen LogP contribution in [0, 0.1) is 0 Å². The predicted molar refractivity (Wildman–Crippen MR) is 72.6 cm³/mol. The Morgan fingerprint density at radius 1 is 1.58 bits per heavy atom. The lowest BCUT2D eigenvalue weighted by Crippen LogP contribution is -2.48. The molecule has 0 spiro atoms. The third-order valence-electron chi connectivity index (χ3n) is 3.45. The standard InChI is InChI=1S/C13H20N4O2/c1-3-17-7-9(14)6-11(17)13(19)15-10-4-5-12(18)16(2)8-10/h6-7,10H,3-5,8,14H2,1-2H3,(H,15,19). The van der Waals surface area contributed by atoms with Crippen LogP contribution in [0.5, 0.6) is 0 Å². The van der Waals surface area contributed by atoms with Crippen LogP contribution >= 0.6 is 0 Å². The Kier molecular flexibility index (Phi) is 3.78. The summed E-state index contributed by atoms with van der Waals surface area (Å²) in [7, 11) is 1.76. The van der Waals surface area contributed by atoms with Gasteiger partial charge in [0.25, 0.3) is 5.91 Å². The lowest BCUT2D eigenvalue weighted by atomic mass is 10.1. The van der Waals surface area contributed by atoms with Gasteiger partial charge >= 0.3 is 0 Å². The maximum Gasteiger partial charge on any atom is 0.268 e. The number of carbonyl (C=O) groups excluding carboxylic acids is 2. The van der Waals surface area contributed by atoms with Crippen LogP contribution < -0.4 is 11.1 Å². The van der Waals surface area contributed by atoms with Gasteiger partial charge in [-0.25, -0.2) is 0 Å². The Balaban J connectivity index is 2.03. The summed E-state index contributed by atoms with van der Waals surface area (Å²) in [6.45, 7) is 3.22. The highest BCUT2D eigenvalue weighted by Crippen LogP contribution is 2.13. The zero-order valence-electron chi connectivity index (χ0n) is 11.3. The van der Waals surface area contributed by atoms with Gasteiger partial charge in [0.2, 0.25) is 5.91 Å². The van der Waals surface area contributed by atoms with Crippen LogP contribution in [0.3, 0.4) is 0 Å². The van der Waals surface area contributed by atoms with Crippen LogP contribution in [0.1, 0.15) is 30.3 Å². The molecule has 0 radical (unpaired) electrons. The highest BCUT2D eigenvalue weighted by Gasteiger charge is 2.25. The Labute approximate surface area is 112 Å². The Hall–Kier alpha value is -1.98. The van der Waals surface area contributed by atoms with Crippen molar-refractivity contribution in [3.63, 3.8) is 0 Å². The summed E-state index contributed by atoms with van der Waals surface area (Å²) in [5, 5.41) is 2.96. The molecule has 19 heavy (non-hydrogen) atoms. The summed E-state index contributed by atoms with van der Waals surface area (Å²) in [4.78, 5) is 25.2. The van der Waals surface area contributed by atoms with Crippen LogP contribution in [-0.4, -0.2) is 40.9 Å². The van der Waals surface area contributed by atoms with Crippen molar-refractivity contribution in [2.45, 2.75) is 32.4 Å². The summed E-state index contributed by atoms with van der Waals surface area (Å²) >= 11 is 0. The lowest BCUT2D eigenvalue weighted by molar-refractivity contribution is -0.132. The zero-order chi connectivity index (χ0) is 14.0. The van der Waals surface area contributed by atoms with Crippen LogP contribution in [0.2, 0.25) is 0 Å². The quantitative estimate of drug-likeness (QED) is 0.831. The molecule has 1 fully saturated rings. The number of rotatable bonds is 3. The van der Waals surface area contributed by atoms with Crippen molar-refractivity contribution in [3.05, 3.63) is 18.0 Å². The first-order valence-electron chi connectivity index (χ1n) is 6.51. The lowest BCUT2D eigenvalue weighted by Gasteiger charge is -2.30. The molecule has 1 aromatic rings. The van der Waals surface area contributed by atoms with Crippen molar-refractivity contribution in [1.29, 1.82) is 0 Å². The van der Waals surface area contributed by atoms with Gasteiger partial charge in [0.05, 0.1) is 5.69 Å². The first kappa shape index (κ1) is 13.5. The molecule has 0 aromatic carbocycles. The van der Waals surface area contributed by atoms with E-state index in [1.54, 1.807) is 24.2 Å². The second-order valence-corrected chi connectivity index (χ2v) is 4.93. The number of likely N-dealkylation sites (N-methyl/N-ethyl adjacent to an activating group) is 1. The number of nitrogens with one attached hydrogen (secondary N) is 1. The van der Waals surface area contributed by atoms with Gasteiger partial charge in [-0.1, -0.05) is 0 Å². The molecule has 0 aliphatic carbocycles. The fourth-order valence-corrected chi connectivity index (χ4v) is 2.37.